The Morgan fingerprint density at radius 3 is 2.40 bits per heavy atom. The first-order valence-corrected chi connectivity index (χ1v) is 7.95. The van der Waals surface area contributed by atoms with E-state index in [1.54, 1.807) is 4.90 Å². The Labute approximate surface area is 122 Å². The van der Waals surface area contributed by atoms with Crippen LogP contribution in [0.2, 0.25) is 0 Å². The standard InChI is InChI=1S/C16H28N2O2/c1-16(2,3)9-10-18-11-13(19)17-14(15(18)20)12-7-5-4-6-8-12/h12,14H,4-11H2,1-3H3,(H,17,19). The lowest BCUT2D eigenvalue weighted by Crippen LogP contribution is -2.61. The molecule has 20 heavy (non-hydrogen) atoms. The normalized spacial score (nSPS) is 25.8. The predicted molar refractivity (Wildman–Crippen MR) is 79.2 cm³/mol. The quantitative estimate of drug-likeness (QED) is 0.862. The zero-order chi connectivity index (χ0) is 14.8. The third kappa shape index (κ3) is 3.97. The van der Waals surface area contributed by atoms with Crippen molar-refractivity contribution in [1.82, 2.24) is 10.2 Å². The van der Waals surface area contributed by atoms with Gasteiger partial charge in [0.2, 0.25) is 11.8 Å². The van der Waals surface area contributed by atoms with Crippen LogP contribution in [0.15, 0.2) is 0 Å². The molecule has 1 atom stereocenters. The number of carbonyl (C=O) groups excluding carboxylic acids is 2. The Kier molecular flexibility index (Phi) is 4.71. The van der Waals surface area contributed by atoms with Crippen LogP contribution in [0.5, 0.6) is 0 Å². The number of hydrogen-bond acceptors (Lipinski definition) is 2. The van der Waals surface area contributed by atoms with E-state index < -0.39 is 0 Å². The van der Waals surface area contributed by atoms with Crippen LogP contribution in [0.4, 0.5) is 0 Å². The van der Waals surface area contributed by atoms with Gasteiger partial charge >= 0.3 is 0 Å². The summed E-state index contributed by atoms with van der Waals surface area (Å²) in [6, 6.07) is -0.267. The van der Waals surface area contributed by atoms with Crippen molar-refractivity contribution in [3.63, 3.8) is 0 Å². The molecule has 0 radical (unpaired) electrons. The van der Waals surface area contributed by atoms with Crippen molar-refractivity contribution < 1.29 is 9.59 Å². The Bertz CT molecular complexity index is 367. The van der Waals surface area contributed by atoms with Gasteiger partial charge in [-0.15, -0.1) is 0 Å². The van der Waals surface area contributed by atoms with Crippen molar-refractivity contribution in [1.29, 1.82) is 0 Å². The maximum absolute atomic E-state index is 12.6. The topological polar surface area (TPSA) is 49.4 Å². The van der Waals surface area contributed by atoms with Crippen LogP contribution in [0, 0.1) is 11.3 Å². The number of nitrogens with one attached hydrogen (secondary N) is 1. The molecule has 1 saturated heterocycles. The van der Waals surface area contributed by atoms with Gasteiger partial charge in [-0.1, -0.05) is 40.0 Å². The summed E-state index contributed by atoms with van der Waals surface area (Å²) in [6.45, 7) is 7.43. The second-order valence-electron chi connectivity index (χ2n) is 7.51. The molecule has 2 fully saturated rings. The van der Waals surface area contributed by atoms with Crippen molar-refractivity contribution in [2.75, 3.05) is 13.1 Å². The fraction of sp³-hybridized carbons (Fsp3) is 0.875. The first-order chi connectivity index (χ1) is 9.37. The van der Waals surface area contributed by atoms with Crippen molar-refractivity contribution in [2.24, 2.45) is 11.3 Å². The summed E-state index contributed by atoms with van der Waals surface area (Å²) in [5, 5.41) is 2.93. The van der Waals surface area contributed by atoms with Crippen LogP contribution in [0.3, 0.4) is 0 Å². The van der Waals surface area contributed by atoms with E-state index in [4.69, 9.17) is 0 Å². The average molecular weight is 280 g/mol. The minimum Gasteiger partial charge on any atom is -0.342 e. The molecule has 0 bridgehead atoms. The molecular weight excluding hydrogens is 252 g/mol. The lowest BCUT2D eigenvalue weighted by molar-refractivity contribution is -0.146. The van der Waals surface area contributed by atoms with E-state index in [0.717, 1.165) is 19.3 Å². The minimum absolute atomic E-state index is 0.00841. The van der Waals surface area contributed by atoms with Crippen LogP contribution >= 0.6 is 0 Å². The van der Waals surface area contributed by atoms with Gasteiger partial charge in [-0.2, -0.15) is 0 Å². The number of carbonyl (C=O) groups is 2. The molecule has 1 unspecified atom stereocenters. The van der Waals surface area contributed by atoms with Crippen molar-refractivity contribution in [3.05, 3.63) is 0 Å². The average Bonchev–Trinajstić information content (AvgIpc) is 2.39. The van der Waals surface area contributed by atoms with Crippen LogP contribution in [0.1, 0.15) is 59.3 Å². The minimum atomic E-state index is -0.267. The smallest absolute Gasteiger partial charge is 0.245 e. The third-order valence-corrected chi connectivity index (χ3v) is 4.48. The molecule has 114 valence electrons. The first-order valence-electron chi connectivity index (χ1n) is 7.95. The van der Waals surface area contributed by atoms with Crippen molar-refractivity contribution in [3.8, 4) is 0 Å². The zero-order valence-corrected chi connectivity index (χ0v) is 13.1. The summed E-state index contributed by atoms with van der Waals surface area (Å²) >= 11 is 0. The molecule has 2 aliphatic rings. The molecule has 0 aromatic carbocycles. The highest BCUT2D eigenvalue weighted by Crippen LogP contribution is 2.29. The van der Waals surface area contributed by atoms with Crippen molar-refractivity contribution >= 4 is 11.8 Å². The van der Waals surface area contributed by atoms with E-state index in [0.29, 0.717) is 12.5 Å². The monoisotopic (exact) mass is 280 g/mol. The molecule has 1 saturated carbocycles. The molecule has 1 aliphatic carbocycles. The van der Waals surface area contributed by atoms with Crippen LogP contribution in [-0.2, 0) is 9.59 Å². The van der Waals surface area contributed by atoms with E-state index in [1.807, 2.05) is 0 Å². The summed E-state index contributed by atoms with van der Waals surface area (Å²) in [6.07, 6.45) is 6.72. The maximum atomic E-state index is 12.6. The van der Waals surface area contributed by atoms with Crippen molar-refractivity contribution in [2.45, 2.75) is 65.3 Å². The Balaban J connectivity index is 1.99. The van der Waals surface area contributed by atoms with E-state index in [2.05, 4.69) is 26.1 Å². The van der Waals surface area contributed by atoms with E-state index in [-0.39, 0.29) is 29.8 Å². The van der Waals surface area contributed by atoms with Gasteiger partial charge in [0.15, 0.2) is 0 Å². The molecule has 1 N–H and O–H groups in total. The summed E-state index contributed by atoms with van der Waals surface area (Å²) in [5.41, 5.74) is 0.189. The van der Waals surface area contributed by atoms with Gasteiger partial charge in [0.05, 0.1) is 6.54 Å². The molecule has 1 heterocycles. The fourth-order valence-electron chi connectivity index (χ4n) is 3.18. The molecule has 0 aromatic rings. The largest absolute Gasteiger partial charge is 0.342 e. The van der Waals surface area contributed by atoms with E-state index in [1.165, 1.54) is 19.3 Å². The SMILES string of the molecule is CC(C)(C)CCN1CC(=O)NC(C2CCCCC2)C1=O. The molecule has 0 aromatic heterocycles. The lowest BCUT2D eigenvalue weighted by atomic mass is 9.82. The van der Waals surface area contributed by atoms with Gasteiger partial charge in [0.25, 0.3) is 0 Å². The number of nitrogens with zero attached hydrogens (tertiary/aromatic N) is 1. The second-order valence-corrected chi connectivity index (χ2v) is 7.51. The summed E-state index contributed by atoms with van der Waals surface area (Å²) in [7, 11) is 0. The van der Waals surface area contributed by atoms with Crippen LogP contribution in [0.25, 0.3) is 0 Å². The molecule has 4 heteroatoms. The van der Waals surface area contributed by atoms with Gasteiger partial charge in [-0.05, 0) is 30.6 Å². The lowest BCUT2D eigenvalue weighted by Gasteiger charge is -2.38. The van der Waals surface area contributed by atoms with Gasteiger partial charge in [-0.3, -0.25) is 9.59 Å². The number of hydrogen-bond donors (Lipinski definition) is 1. The van der Waals surface area contributed by atoms with Gasteiger partial charge < -0.3 is 10.2 Å². The fourth-order valence-corrected chi connectivity index (χ4v) is 3.18. The summed E-state index contributed by atoms with van der Waals surface area (Å²) in [4.78, 5) is 26.3. The van der Waals surface area contributed by atoms with Crippen LogP contribution < -0.4 is 5.32 Å². The summed E-state index contributed by atoms with van der Waals surface area (Å²) < 4.78 is 0. The molecular formula is C16H28N2O2. The second kappa shape index (κ2) is 6.15. The highest BCUT2D eigenvalue weighted by Gasteiger charge is 2.38. The van der Waals surface area contributed by atoms with E-state index in [9.17, 15) is 9.59 Å². The highest BCUT2D eigenvalue weighted by molar-refractivity contribution is 5.95. The Morgan fingerprint density at radius 1 is 1.15 bits per heavy atom. The van der Waals surface area contributed by atoms with Gasteiger partial charge in [-0.25, -0.2) is 0 Å². The molecule has 2 amide bonds. The number of piperazine rings is 1. The molecule has 2 rings (SSSR count). The van der Waals surface area contributed by atoms with Gasteiger partial charge in [0.1, 0.15) is 6.04 Å². The predicted octanol–water partition coefficient (Wildman–Crippen LogP) is 2.33. The third-order valence-electron chi connectivity index (χ3n) is 4.48. The molecule has 1 aliphatic heterocycles. The zero-order valence-electron chi connectivity index (χ0n) is 13.1. The molecule has 0 spiro atoms. The highest BCUT2D eigenvalue weighted by atomic mass is 16.2. The Hall–Kier alpha value is -1.06. The molecule has 4 nitrogen and oxygen atoms in total. The Morgan fingerprint density at radius 2 is 1.80 bits per heavy atom. The first kappa shape index (κ1) is 15.3. The maximum Gasteiger partial charge on any atom is 0.245 e. The van der Waals surface area contributed by atoms with E-state index >= 15 is 0 Å². The van der Waals surface area contributed by atoms with Crippen LogP contribution in [-0.4, -0.2) is 35.8 Å². The number of rotatable bonds is 3. The summed E-state index contributed by atoms with van der Waals surface area (Å²) in [5.74, 6) is 0.493. The van der Waals surface area contributed by atoms with Gasteiger partial charge in [0, 0.05) is 6.54 Å². The number of amides is 2.